The molecule has 0 aliphatic carbocycles. The summed E-state index contributed by atoms with van der Waals surface area (Å²) in [6.07, 6.45) is 5.80. The van der Waals surface area contributed by atoms with Gasteiger partial charge < -0.3 is 14.7 Å². The van der Waals surface area contributed by atoms with Crippen molar-refractivity contribution in [3.8, 4) is 0 Å². The molecule has 1 aliphatic heterocycles. The molecule has 30 heavy (non-hydrogen) atoms. The molecule has 8 nitrogen and oxygen atoms in total. The van der Waals surface area contributed by atoms with Gasteiger partial charge in [0.1, 0.15) is 11.2 Å². The second-order valence-corrected chi connectivity index (χ2v) is 8.23. The molecule has 0 spiro atoms. The fraction of sp³-hybridized carbons (Fsp3) is 0.381. The van der Waals surface area contributed by atoms with Crippen LogP contribution in [0.15, 0.2) is 41.5 Å². The van der Waals surface area contributed by atoms with E-state index in [9.17, 15) is 4.79 Å². The van der Waals surface area contributed by atoms with Crippen LogP contribution in [-0.2, 0) is 11.2 Å². The van der Waals surface area contributed by atoms with E-state index < -0.39 is 0 Å². The molecule has 4 rings (SSSR count). The summed E-state index contributed by atoms with van der Waals surface area (Å²) in [4.78, 5) is 20.4. The van der Waals surface area contributed by atoms with Crippen LogP contribution in [0.25, 0.3) is 16.6 Å². The summed E-state index contributed by atoms with van der Waals surface area (Å²) in [5.74, 6) is 6.47. The molecule has 0 amide bonds. The first kappa shape index (κ1) is 21.0. The summed E-state index contributed by atoms with van der Waals surface area (Å²) in [6, 6.07) is 8.35. The third-order valence-electron chi connectivity index (χ3n) is 5.27. The van der Waals surface area contributed by atoms with Gasteiger partial charge in [0.05, 0.1) is 12.2 Å². The highest BCUT2D eigenvalue weighted by Crippen LogP contribution is 2.25. The zero-order chi connectivity index (χ0) is 21.1. The Bertz CT molecular complexity index is 1110. The Labute approximate surface area is 188 Å². The second-order valence-electron chi connectivity index (χ2n) is 7.47. The largest absolute Gasteiger partial charge is 0.381 e. The molecule has 2 aromatic heterocycles. The van der Waals surface area contributed by atoms with Crippen molar-refractivity contribution in [3.63, 3.8) is 0 Å². The number of fused-ring (bicyclic) bond motifs is 1. The number of aromatic amines is 1. The number of halogens is 1. The van der Waals surface area contributed by atoms with Crippen LogP contribution in [0.3, 0.4) is 0 Å². The number of hydrogen-bond acceptors (Lipinski definition) is 6. The van der Waals surface area contributed by atoms with E-state index in [1.807, 2.05) is 23.0 Å². The fourth-order valence-electron chi connectivity index (χ4n) is 3.85. The number of hydrazine groups is 1. The zero-order valence-corrected chi connectivity index (χ0v) is 19.0. The molecule has 3 aromatic rings. The van der Waals surface area contributed by atoms with Crippen molar-refractivity contribution in [2.75, 3.05) is 24.7 Å². The highest BCUT2D eigenvalue weighted by atomic mass is 127. The standard InChI is InChI=1S/C21H25IN6O2/c1-27(23)13-15(11-22)17-5-3-2-4-14(17)10-19-25-20-18(21(29)26-19)12-24-28(20)16-6-8-30-9-7-16/h2-5,12-13,16H,6-11,23H2,1H3,(H,25,26,29)/b15-13+. The maximum atomic E-state index is 12.7. The van der Waals surface area contributed by atoms with E-state index in [0.29, 0.717) is 36.5 Å². The van der Waals surface area contributed by atoms with Crippen molar-refractivity contribution in [2.45, 2.75) is 25.3 Å². The normalized spacial score (nSPS) is 15.6. The number of aromatic nitrogens is 4. The molecule has 158 valence electrons. The molecule has 0 atom stereocenters. The third kappa shape index (κ3) is 4.42. The van der Waals surface area contributed by atoms with Gasteiger partial charge in [-0.2, -0.15) is 5.10 Å². The van der Waals surface area contributed by atoms with Gasteiger partial charge in [0.2, 0.25) is 0 Å². The first-order valence-corrected chi connectivity index (χ1v) is 11.5. The SMILES string of the molecule is CN(N)/C=C(\CI)c1ccccc1Cc1nc2c(cnn2C2CCOCC2)c(=O)[nH]1. The van der Waals surface area contributed by atoms with Gasteiger partial charge in [0.25, 0.3) is 5.56 Å². The third-order valence-corrected chi connectivity index (χ3v) is 6.10. The number of rotatable bonds is 6. The van der Waals surface area contributed by atoms with Crippen LogP contribution < -0.4 is 11.4 Å². The number of hydrogen-bond donors (Lipinski definition) is 2. The highest BCUT2D eigenvalue weighted by molar-refractivity contribution is 14.1. The minimum absolute atomic E-state index is 0.155. The van der Waals surface area contributed by atoms with E-state index >= 15 is 0 Å². The lowest BCUT2D eigenvalue weighted by Crippen LogP contribution is -2.21. The molecule has 1 fully saturated rings. The topological polar surface area (TPSA) is 102 Å². The number of nitrogens with one attached hydrogen (secondary N) is 1. The van der Waals surface area contributed by atoms with E-state index in [0.717, 1.165) is 34.0 Å². The van der Waals surface area contributed by atoms with E-state index in [1.54, 1.807) is 18.3 Å². The number of alkyl halides is 1. The van der Waals surface area contributed by atoms with Crippen molar-refractivity contribution in [2.24, 2.45) is 5.84 Å². The first-order valence-electron chi connectivity index (χ1n) is 9.93. The average Bonchev–Trinajstić information content (AvgIpc) is 3.17. The molecule has 3 heterocycles. The zero-order valence-electron chi connectivity index (χ0n) is 16.8. The molecule has 3 N–H and O–H groups in total. The smallest absolute Gasteiger partial charge is 0.262 e. The Morgan fingerprint density at radius 3 is 2.90 bits per heavy atom. The van der Waals surface area contributed by atoms with Crippen molar-refractivity contribution >= 4 is 39.2 Å². The van der Waals surface area contributed by atoms with Crippen molar-refractivity contribution in [1.82, 2.24) is 24.8 Å². The molecule has 0 unspecified atom stereocenters. The van der Waals surface area contributed by atoms with Gasteiger partial charge in [-0.15, -0.1) is 0 Å². The lowest BCUT2D eigenvalue weighted by molar-refractivity contribution is 0.0673. The van der Waals surface area contributed by atoms with Crippen LogP contribution >= 0.6 is 22.6 Å². The number of benzene rings is 1. The Hall–Kier alpha value is -2.24. The monoisotopic (exact) mass is 520 g/mol. The number of ether oxygens (including phenoxy) is 1. The molecule has 0 radical (unpaired) electrons. The Balaban J connectivity index is 1.72. The molecule has 0 bridgehead atoms. The minimum atomic E-state index is -0.155. The van der Waals surface area contributed by atoms with Crippen molar-refractivity contribution in [3.05, 3.63) is 64.0 Å². The average molecular weight is 520 g/mol. The summed E-state index contributed by atoms with van der Waals surface area (Å²) in [5, 5.41) is 6.55. The molecule has 1 aromatic carbocycles. The van der Waals surface area contributed by atoms with Crippen LogP contribution in [0, 0.1) is 0 Å². The van der Waals surface area contributed by atoms with Gasteiger partial charge in [0, 0.05) is 37.3 Å². The van der Waals surface area contributed by atoms with E-state index in [4.69, 9.17) is 15.6 Å². The molecular weight excluding hydrogens is 495 g/mol. The lowest BCUT2D eigenvalue weighted by Gasteiger charge is -2.22. The first-order chi connectivity index (χ1) is 14.6. The van der Waals surface area contributed by atoms with Crippen molar-refractivity contribution < 1.29 is 4.74 Å². The molecule has 9 heteroatoms. The second kappa shape index (κ2) is 9.27. The Morgan fingerprint density at radius 1 is 1.40 bits per heavy atom. The summed E-state index contributed by atoms with van der Waals surface area (Å²) >= 11 is 2.33. The predicted molar refractivity (Wildman–Crippen MR) is 125 cm³/mol. The summed E-state index contributed by atoms with van der Waals surface area (Å²) < 4.78 is 8.17. The molecular formula is C21H25IN6O2. The van der Waals surface area contributed by atoms with Crippen LogP contribution in [-0.4, -0.2) is 49.4 Å². The quantitative estimate of drug-likeness (QED) is 0.224. The predicted octanol–water partition coefficient (Wildman–Crippen LogP) is 2.64. The van der Waals surface area contributed by atoms with Gasteiger partial charge in [-0.1, -0.05) is 46.9 Å². The summed E-state index contributed by atoms with van der Waals surface area (Å²) in [6.45, 7) is 1.41. The highest BCUT2D eigenvalue weighted by Gasteiger charge is 2.21. The number of H-pyrrole nitrogens is 1. The Morgan fingerprint density at radius 2 is 2.17 bits per heavy atom. The van der Waals surface area contributed by atoms with Gasteiger partial charge >= 0.3 is 0 Å². The van der Waals surface area contributed by atoms with Gasteiger partial charge in [0.15, 0.2) is 5.65 Å². The van der Waals surface area contributed by atoms with E-state index in [2.05, 4.69) is 44.8 Å². The Kier molecular flexibility index (Phi) is 6.49. The molecule has 1 aliphatic rings. The number of allylic oxidation sites excluding steroid dienone is 1. The molecule has 1 saturated heterocycles. The van der Waals surface area contributed by atoms with Crippen LogP contribution in [0.2, 0.25) is 0 Å². The van der Waals surface area contributed by atoms with Gasteiger partial charge in [-0.05, 0) is 29.5 Å². The van der Waals surface area contributed by atoms with Gasteiger partial charge in [-0.3, -0.25) is 4.79 Å². The van der Waals surface area contributed by atoms with Crippen molar-refractivity contribution in [1.29, 1.82) is 0 Å². The number of nitrogens with zero attached hydrogens (tertiary/aromatic N) is 4. The summed E-state index contributed by atoms with van der Waals surface area (Å²) in [5.41, 5.74) is 3.79. The van der Waals surface area contributed by atoms with E-state index in [1.165, 1.54) is 0 Å². The maximum absolute atomic E-state index is 12.7. The minimum Gasteiger partial charge on any atom is -0.381 e. The van der Waals surface area contributed by atoms with E-state index in [-0.39, 0.29) is 11.6 Å². The van der Waals surface area contributed by atoms with Gasteiger partial charge in [-0.25, -0.2) is 15.5 Å². The van der Waals surface area contributed by atoms with Crippen LogP contribution in [0.5, 0.6) is 0 Å². The van der Waals surface area contributed by atoms with Crippen LogP contribution in [0.1, 0.15) is 35.8 Å². The lowest BCUT2D eigenvalue weighted by atomic mass is 9.99. The fourth-order valence-corrected chi connectivity index (χ4v) is 4.46. The maximum Gasteiger partial charge on any atom is 0.262 e. The number of nitrogens with two attached hydrogens (primary N) is 1. The van der Waals surface area contributed by atoms with Crippen LogP contribution in [0.4, 0.5) is 0 Å². The molecule has 0 saturated carbocycles. The summed E-state index contributed by atoms with van der Waals surface area (Å²) in [7, 11) is 1.80.